The molecular formula is C30H28N4O5. The number of rotatable bonds is 5. The molecule has 2 N–H and O–H groups in total. The number of carbonyl (C=O) groups is 5. The normalized spacial score (nSPS) is 19.4. The molecule has 9 nitrogen and oxygen atoms in total. The van der Waals surface area contributed by atoms with Crippen LogP contribution in [0.2, 0.25) is 0 Å². The molecule has 0 radical (unpaired) electrons. The number of urea groups is 1. The Labute approximate surface area is 225 Å². The van der Waals surface area contributed by atoms with Crippen LogP contribution in [0.1, 0.15) is 53.1 Å². The Bertz CT molecular complexity index is 1530. The van der Waals surface area contributed by atoms with Crippen molar-refractivity contribution in [3.63, 3.8) is 0 Å². The Balaban J connectivity index is 1.20. The van der Waals surface area contributed by atoms with Crippen molar-refractivity contribution in [2.75, 3.05) is 23.3 Å². The molecule has 6 rings (SSSR count). The second-order valence-corrected chi connectivity index (χ2v) is 10.3. The Morgan fingerprint density at radius 2 is 1.79 bits per heavy atom. The van der Waals surface area contributed by atoms with Gasteiger partial charge in [0, 0.05) is 42.6 Å². The number of hydrogen-bond acceptors (Lipinski definition) is 5. The molecule has 0 bridgehead atoms. The summed E-state index contributed by atoms with van der Waals surface area (Å²) in [5.74, 6) is -0.752. The van der Waals surface area contributed by atoms with Gasteiger partial charge in [0.05, 0.1) is 5.69 Å². The maximum absolute atomic E-state index is 13.4. The highest BCUT2D eigenvalue weighted by Gasteiger charge is 2.41. The van der Waals surface area contributed by atoms with Crippen molar-refractivity contribution in [1.82, 2.24) is 10.2 Å². The van der Waals surface area contributed by atoms with Crippen molar-refractivity contribution in [3.05, 3.63) is 71.3 Å². The third-order valence-corrected chi connectivity index (χ3v) is 8.00. The summed E-state index contributed by atoms with van der Waals surface area (Å²) in [5.41, 5.74) is 3.93. The van der Waals surface area contributed by atoms with Gasteiger partial charge in [-0.3, -0.25) is 24.6 Å². The number of likely N-dealkylation sites (tertiary alicyclic amines) is 1. The summed E-state index contributed by atoms with van der Waals surface area (Å²) < 4.78 is 0. The molecule has 0 aliphatic carbocycles. The van der Waals surface area contributed by atoms with E-state index in [0.29, 0.717) is 42.9 Å². The average Bonchev–Trinajstić information content (AvgIpc) is 3.22. The third-order valence-electron chi connectivity index (χ3n) is 8.00. The van der Waals surface area contributed by atoms with Crippen LogP contribution in [0, 0.1) is 0 Å². The maximum atomic E-state index is 13.4. The molecule has 39 heavy (non-hydrogen) atoms. The maximum Gasteiger partial charge on any atom is 0.321 e. The molecule has 198 valence electrons. The number of piperidine rings is 2. The monoisotopic (exact) mass is 524 g/mol. The number of anilines is 2. The average molecular weight is 525 g/mol. The van der Waals surface area contributed by atoms with Crippen LogP contribution in [-0.2, 0) is 20.8 Å². The van der Waals surface area contributed by atoms with Gasteiger partial charge in [0.2, 0.25) is 11.8 Å². The molecule has 0 spiro atoms. The number of nitrogens with one attached hydrogen (secondary N) is 2. The third kappa shape index (κ3) is 4.43. The number of nitrogens with zero attached hydrogens (tertiary/aromatic N) is 2. The van der Waals surface area contributed by atoms with Crippen molar-refractivity contribution in [1.29, 1.82) is 0 Å². The van der Waals surface area contributed by atoms with E-state index in [0.717, 1.165) is 41.0 Å². The van der Waals surface area contributed by atoms with Crippen LogP contribution in [0.15, 0.2) is 54.6 Å². The van der Waals surface area contributed by atoms with Crippen LogP contribution in [0.4, 0.5) is 16.2 Å². The van der Waals surface area contributed by atoms with Gasteiger partial charge in [0.25, 0.3) is 5.91 Å². The van der Waals surface area contributed by atoms with Gasteiger partial charge in [-0.15, -0.1) is 0 Å². The minimum atomic E-state index is -0.711. The Kier molecular flexibility index (Phi) is 6.34. The Hall–Kier alpha value is -4.53. The molecule has 0 aromatic heterocycles. The number of imide groups is 1. The zero-order chi connectivity index (χ0) is 27.1. The van der Waals surface area contributed by atoms with E-state index in [1.165, 1.54) is 0 Å². The van der Waals surface area contributed by atoms with E-state index in [2.05, 4.69) is 10.6 Å². The highest BCUT2D eigenvalue weighted by atomic mass is 16.2. The zero-order valence-electron chi connectivity index (χ0n) is 21.3. The van der Waals surface area contributed by atoms with Gasteiger partial charge in [-0.2, -0.15) is 0 Å². The first-order valence-electron chi connectivity index (χ1n) is 13.3. The van der Waals surface area contributed by atoms with Crippen molar-refractivity contribution < 1.29 is 24.0 Å². The minimum absolute atomic E-state index is 0.164. The van der Waals surface area contributed by atoms with E-state index in [1.807, 2.05) is 54.6 Å². The highest BCUT2D eigenvalue weighted by molar-refractivity contribution is 6.27. The van der Waals surface area contributed by atoms with Crippen molar-refractivity contribution in [2.45, 2.75) is 44.1 Å². The first kappa shape index (κ1) is 24.8. The second kappa shape index (κ2) is 9.98. The number of amides is 5. The number of carbonyl (C=O) groups excluding carboxylic acids is 5. The molecule has 3 aliphatic rings. The number of benzene rings is 3. The summed E-state index contributed by atoms with van der Waals surface area (Å²) in [6, 6.07) is 16.1. The van der Waals surface area contributed by atoms with E-state index < -0.39 is 11.9 Å². The molecule has 3 aromatic carbocycles. The summed E-state index contributed by atoms with van der Waals surface area (Å²) in [6.45, 7) is 1.18. The van der Waals surface area contributed by atoms with Crippen molar-refractivity contribution in [3.8, 4) is 0 Å². The summed E-state index contributed by atoms with van der Waals surface area (Å²) in [5, 5.41) is 7.14. The molecule has 1 unspecified atom stereocenters. The standard InChI is InChI=1S/C30H28N4O5/c35-16-13-18-3-1-4-20(17-18)31-30(39)33-14-11-19(12-15-33)21-7-8-23-27-22(21)5-2-6-24(27)34(29(23)38)25-9-10-26(36)32-28(25)37/h1-8,16-17,19,25H,9-15H2,(H,31,39)(H,32,36,37). The van der Waals surface area contributed by atoms with Crippen LogP contribution in [0.3, 0.4) is 0 Å². The lowest BCUT2D eigenvalue weighted by Crippen LogP contribution is -2.53. The minimum Gasteiger partial charge on any atom is -0.324 e. The molecular weight excluding hydrogens is 496 g/mol. The van der Waals surface area contributed by atoms with E-state index in [-0.39, 0.29) is 30.2 Å². The predicted molar refractivity (Wildman–Crippen MR) is 146 cm³/mol. The van der Waals surface area contributed by atoms with E-state index in [4.69, 9.17) is 0 Å². The molecule has 0 saturated carbocycles. The Morgan fingerprint density at radius 3 is 2.56 bits per heavy atom. The molecule has 3 aromatic rings. The summed E-state index contributed by atoms with van der Waals surface area (Å²) in [6.07, 6.45) is 3.21. The molecule has 3 heterocycles. The topological polar surface area (TPSA) is 116 Å². The van der Waals surface area contributed by atoms with Gasteiger partial charge in [-0.05, 0) is 66.0 Å². The molecule has 9 heteroatoms. The molecule has 2 fully saturated rings. The smallest absolute Gasteiger partial charge is 0.321 e. The predicted octanol–water partition coefficient (Wildman–Crippen LogP) is 3.76. The van der Waals surface area contributed by atoms with Gasteiger partial charge >= 0.3 is 6.03 Å². The highest BCUT2D eigenvalue weighted by Crippen LogP contribution is 2.43. The fourth-order valence-corrected chi connectivity index (χ4v) is 6.09. The lowest BCUT2D eigenvalue weighted by atomic mass is 9.85. The second-order valence-electron chi connectivity index (χ2n) is 10.3. The first-order valence-corrected chi connectivity index (χ1v) is 13.3. The van der Waals surface area contributed by atoms with E-state index in [9.17, 15) is 24.0 Å². The van der Waals surface area contributed by atoms with Crippen molar-refractivity contribution >= 4 is 52.2 Å². The van der Waals surface area contributed by atoms with Crippen molar-refractivity contribution in [2.24, 2.45) is 0 Å². The van der Waals surface area contributed by atoms with E-state index >= 15 is 0 Å². The molecule has 3 aliphatic heterocycles. The first-order chi connectivity index (χ1) is 18.9. The van der Waals surface area contributed by atoms with Crippen LogP contribution >= 0.6 is 0 Å². The van der Waals surface area contributed by atoms with Crippen LogP contribution < -0.4 is 15.5 Å². The quantitative estimate of drug-likeness (QED) is 0.390. The molecule has 2 saturated heterocycles. The van der Waals surface area contributed by atoms with Gasteiger partial charge in [-0.1, -0.05) is 30.3 Å². The largest absolute Gasteiger partial charge is 0.324 e. The summed E-state index contributed by atoms with van der Waals surface area (Å²) in [4.78, 5) is 64.7. The molecule has 5 amide bonds. The SMILES string of the molecule is O=CCc1cccc(NC(=O)N2CCC(c3ccc4c5c(cccc35)N(C3CCC(=O)NC3=O)C4=O)CC2)c1. The summed E-state index contributed by atoms with van der Waals surface area (Å²) in [7, 11) is 0. The zero-order valence-corrected chi connectivity index (χ0v) is 21.3. The molecule has 1 atom stereocenters. The fraction of sp³-hybridized carbons (Fsp3) is 0.300. The van der Waals surface area contributed by atoms with E-state index in [1.54, 1.807) is 9.80 Å². The lowest BCUT2D eigenvalue weighted by Gasteiger charge is -2.33. The Morgan fingerprint density at radius 1 is 1.00 bits per heavy atom. The van der Waals surface area contributed by atoms with Gasteiger partial charge in [0.1, 0.15) is 12.3 Å². The van der Waals surface area contributed by atoms with Crippen LogP contribution in [-0.4, -0.2) is 54.1 Å². The van der Waals surface area contributed by atoms with Crippen LogP contribution in [0.25, 0.3) is 10.8 Å². The van der Waals surface area contributed by atoms with Gasteiger partial charge in [-0.25, -0.2) is 4.79 Å². The van der Waals surface area contributed by atoms with Gasteiger partial charge < -0.3 is 15.0 Å². The number of aldehydes is 1. The lowest BCUT2D eigenvalue weighted by molar-refractivity contribution is -0.134. The number of hydrogen-bond donors (Lipinski definition) is 2. The summed E-state index contributed by atoms with van der Waals surface area (Å²) >= 11 is 0. The fourth-order valence-electron chi connectivity index (χ4n) is 6.09. The van der Waals surface area contributed by atoms with Crippen LogP contribution in [0.5, 0.6) is 0 Å². The van der Waals surface area contributed by atoms with Gasteiger partial charge in [0.15, 0.2) is 0 Å².